The van der Waals surface area contributed by atoms with E-state index in [0.29, 0.717) is 28.7 Å². The van der Waals surface area contributed by atoms with E-state index in [9.17, 15) is 10.1 Å². The molecule has 1 aliphatic heterocycles. The van der Waals surface area contributed by atoms with E-state index in [-0.39, 0.29) is 11.8 Å². The van der Waals surface area contributed by atoms with Crippen LogP contribution in [-0.4, -0.2) is 12.1 Å². The van der Waals surface area contributed by atoms with E-state index in [1.54, 1.807) is 25.1 Å². The van der Waals surface area contributed by atoms with E-state index in [0.717, 1.165) is 16.7 Å². The summed E-state index contributed by atoms with van der Waals surface area (Å²) in [6, 6.07) is 22.8. The molecule has 0 spiro atoms. The predicted molar refractivity (Wildman–Crippen MR) is 133 cm³/mol. The lowest BCUT2D eigenvalue weighted by atomic mass is 9.83. The second kappa shape index (κ2) is 9.94. The van der Waals surface area contributed by atoms with Crippen LogP contribution in [0.4, 0.5) is 0 Å². The van der Waals surface area contributed by atoms with Crippen LogP contribution < -0.4 is 19.9 Å². The summed E-state index contributed by atoms with van der Waals surface area (Å²) < 4.78 is 17.0. The van der Waals surface area contributed by atoms with Crippen LogP contribution in [0.1, 0.15) is 54.9 Å². The van der Waals surface area contributed by atoms with Gasteiger partial charge in [0.1, 0.15) is 28.9 Å². The van der Waals surface area contributed by atoms with Gasteiger partial charge in [0.15, 0.2) is 6.10 Å². The van der Waals surface area contributed by atoms with Gasteiger partial charge in [0.25, 0.3) is 0 Å². The maximum absolute atomic E-state index is 12.7. The van der Waals surface area contributed by atoms with Gasteiger partial charge in [-0.3, -0.25) is 0 Å². The number of esters is 1. The van der Waals surface area contributed by atoms with Gasteiger partial charge in [-0.15, -0.1) is 0 Å². The van der Waals surface area contributed by atoms with Crippen molar-refractivity contribution in [2.75, 3.05) is 0 Å². The summed E-state index contributed by atoms with van der Waals surface area (Å²) in [5.74, 6) is 0.878. The molecule has 0 aliphatic carbocycles. The van der Waals surface area contributed by atoms with Gasteiger partial charge in [-0.2, -0.15) is 5.26 Å². The number of carbonyl (C=O) groups excluding carboxylic acids is 1. The van der Waals surface area contributed by atoms with Gasteiger partial charge in [0, 0.05) is 11.6 Å². The first-order valence-electron chi connectivity index (χ1n) is 11.5. The molecule has 1 heterocycles. The third-order valence-electron chi connectivity index (χ3n) is 6.01. The van der Waals surface area contributed by atoms with E-state index in [2.05, 4.69) is 19.9 Å². The highest BCUT2D eigenvalue weighted by molar-refractivity contribution is 5.77. The fourth-order valence-electron chi connectivity index (χ4n) is 3.98. The number of hydrogen-bond donors (Lipinski definition) is 1. The number of allylic oxidation sites excluding steroid dienone is 1. The molecule has 0 saturated carbocycles. The van der Waals surface area contributed by atoms with Crippen LogP contribution in [-0.2, 0) is 4.79 Å². The maximum atomic E-state index is 12.7. The topological polar surface area (TPSA) is 94.6 Å². The number of aryl methyl sites for hydroxylation is 1. The molecular weight excluding hydrogens is 440 g/mol. The number of nitrogens with two attached hydrogens (primary N) is 1. The van der Waals surface area contributed by atoms with Gasteiger partial charge < -0.3 is 19.9 Å². The van der Waals surface area contributed by atoms with Crippen LogP contribution in [0.2, 0.25) is 0 Å². The highest BCUT2D eigenvalue weighted by Crippen LogP contribution is 2.43. The number of fused-ring (bicyclic) bond motifs is 1. The summed E-state index contributed by atoms with van der Waals surface area (Å²) >= 11 is 0. The Labute approximate surface area is 205 Å². The predicted octanol–water partition coefficient (Wildman–Crippen LogP) is 5.71. The smallest absolute Gasteiger partial charge is 0.352 e. The van der Waals surface area contributed by atoms with E-state index < -0.39 is 12.1 Å². The minimum absolute atomic E-state index is 0.0376. The molecule has 6 nitrogen and oxygen atoms in total. The van der Waals surface area contributed by atoms with Gasteiger partial charge in [-0.05, 0) is 49.1 Å². The number of nitrogens with zero attached hydrogens (tertiary/aromatic N) is 1. The second-order valence-electron chi connectivity index (χ2n) is 8.94. The summed E-state index contributed by atoms with van der Waals surface area (Å²) in [6.45, 7) is 7.88. The Kier molecular flexibility index (Phi) is 6.79. The summed E-state index contributed by atoms with van der Waals surface area (Å²) in [4.78, 5) is 12.7. The summed E-state index contributed by atoms with van der Waals surface area (Å²) in [6.07, 6.45) is -0.813. The highest BCUT2D eigenvalue weighted by Gasteiger charge is 2.31. The van der Waals surface area contributed by atoms with Crippen LogP contribution in [0, 0.1) is 18.3 Å². The van der Waals surface area contributed by atoms with Crippen molar-refractivity contribution in [3.05, 3.63) is 100 Å². The van der Waals surface area contributed by atoms with Gasteiger partial charge >= 0.3 is 5.97 Å². The molecule has 2 unspecified atom stereocenters. The normalized spacial score (nSPS) is 15.6. The minimum Gasteiger partial charge on any atom is -0.479 e. The number of benzene rings is 3. The Morgan fingerprint density at radius 3 is 2.29 bits per heavy atom. The molecule has 0 saturated heterocycles. The number of carbonyl (C=O) groups is 1. The summed E-state index contributed by atoms with van der Waals surface area (Å²) in [5, 5.41) is 9.72. The lowest BCUT2D eigenvalue weighted by molar-refractivity contribution is -0.141. The largest absolute Gasteiger partial charge is 0.479 e. The van der Waals surface area contributed by atoms with Crippen molar-refractivity contribution in [1.29, 1.82) is 5.26 Å². The highest BCUT2D eigenvalue weighted by atomic mass is 16.6. The van der Waals surface area contributed by atoms with Gasteiger partial charge in [-0.25, -0.2) is 4.79 Å². The van der Waals surface area contributed by atoms with Gasteiger partial charge in [0.2, 0.25) is 5.88 Å². The lowest BCUT2D eigenvalue weighted by Crippen LogP contribution is -2.28. The van der Waals surface area contributed by atoms with Crippen LogP contribution in [0.15, 0.2) is 78.2 Å². The van der Waals surface area contributed by atoms with Gasteiger partial charge in [0.05, 0.1) is 5.92 Å². The fraction of sp³-hybridized carbons (Fsp3) is 0.241. The van der Waals surface area contributed by atoms with Crippen molar-refractivity contribution in [2.45, 2.75) is 45.6 Å². The Balaban J connectivity index is 1.52. The molecule has 1 aliphatic rings. The zero-order valence-corrected chi connectivity index (χ0v) is 20.2. The first-order chi connectivity index (χ1) is 16.8. The van der Waals surface area contributed by atoms with E-state index >= 15 is 0 Å². The minimum atomic E-state index is -0.813. The molecule has 178 valence electrons. The molecule has 6 heteroatoms. The number of nitriles is 1. The van der Waals surface area contributed by atoms with Crippen molar-refractivity contribution in [2.24, 2.45) is 5.73 Å². The van der Waals surface area contributed by atoms with Crippen LogP contribution in [0.25, 0.3) is 0 Å². The first-order valence-corrected chi connectivity index (χ1v) is 11.5. The Hall–Kier alpha value is -4.24. The molecule has 2 N–H and O–H groups in total. The maximum Gasteiger partial charge on any atom is 0.352 e. The molecule has 0 radical (unpaired) electrons. The zero-order chi connectivity index (χ0) is 25.1. The third-order valence-corrected chi connectivity index (χ3v) is 6.01. The van der Waals surface area contributed by atoms with Crippen molar-refractivity contribution >= 4 is 5.97 Å². The van der Waals surface area contributed by atoms with E-state index in [1.165, 1.54) is 5.56 Å². The van der Waals surface area contributed by atoms with Crippen molar-refractivity contribution < 1.29 is 19.0 Å². The van der Waals surface area contributed by atoms with E-state index in [4.69, 9.17) is 19.9 Å². The summed E-state index contributed by atoms with van der Waals surface area (Å²) in [7, 11) is 0. The molecule has 0 aromatic heterocycles. The van der Waals surface area contributed by atoms with E-state index in [1.807, 2.05) is 55.5 Å². The second-order valence-corrected chi connectivity index (χ2v) is 8.94. The first kappa shape index (κ1) is 23.9. The average Bonchev–Trinajstić information content (AvgIpc) is 2.84. The summed E-state index contributed by atoms with van der Waals surface area (Å²) in [5.41, 5.74) is 10.4. The number of hydrogen-bond acceptors (Lipinski definition) is 6. The van der Waals surface area contributed by atoms with Crippen LogP contribution >= 0.6 is 0 Å². The Bertz CT molecular complexity index is 1300. The monoisotopic (exact) mass is 468 g/mol. The molecule has 0 amide bonds. The molecule has 3 aromatic carbocycles. The van der Waals surface area contributed by atoms with Crippen molar-refractivity contribution in [3.8, 4) is 23.3 Å². The number of ether oxygens (including phenoxy) is 3. The molecule has 2 atom stereocenters. The average molecular weight is 469 g/mol. The Morgan fingerprint density at radius 2 is 1.66 bits per heavy atom. The van der Waals surface area contributed by atoms with Gasteiger partial charge in [-0.1, -0.05) is 61.9 Å². The van der Waals surface area contributed by atoms with Crippen LogP contribution in [0.3, 0.4) is 0 Å². The molecule has 0 fully saturated rings. The SMILES string of the molecule is Cc1ccc(C2C(C#N)=C(N)Oc3cc(OC(=O)C(C)Oc4ccc(C(C)C)cc4)ccc32)cc1. The molecule has 3 aromatic rings. The molecular formula is C29H28N2O4. The Morgan fingerprint density at radius 1 is 1.00 bits per heavy atom. The van der Waals surface area contributed by atoms with Crippen molar-refractivity contribution in [3.63, 3.8) is 0 Å². The molecule has 0 bridgehead atoms. The third kappa shape index (κ3) is 5.15. The lowest BCUT2D eigenvalue weighted by Gasteiger charge is -2.27. The fourth-order valence-corrected chi connectivity index (χ4v) is 3.98. The van der Waals surface area contributed by atoms with Crippen molar-refractivity contribution in [1.82, 2.24) is 0 Å². The molecule has 4 rings (SSSR count). The number of rotatable bonds is 6. The quantitative estimate of drug-likeness (QED) is 0.368. The zero-order valence-electron chi connectivity index (χ0n) is 20.2. The molecule has 35 heavy (non-hydrogen) atoms. The standard InChI is InChI=1S/C29H28N2O4/c1-17(2)20-9-11-22(12-10-20)33-19(4)29(32)34-23-13-14-24-26(15-23)35-28(31)25(16-30)27(24)21-7-5-18(3)6-8-21/h5-15,17,19,27H,31H2,1-4H3. The van der Waals surface area contributed by atoms with Crippen LogP contribution in [0.5, 0.6) is 17.2 Å².